The van der Waals surface area contributed by atoms with Crippen LogP contribution in [0.15, 0.2) is 59.6 Å². The van der Waals surface area contributed by atoms with Gasteiger partial charge in [-0.2, -0.15) is 0 Å². The van der Waals surface area contributed by atoms with Crippen LogP contribution >= 0.6 is 0 Å². The molecule has 7 heterocycles. The van der Waals surface area contributed by atoms with Crippen LogP contribution in [0.5, 0.6) is 5.75 Å². The third-order valence-electron chi connectivity index (χ3n) is 18.9. The highest BCUT2D eigenvalue weighted by molar-refractivity contribution is 5.97. The molecule has 0 aromatic heterocycles. The fraction of sp³-hybridized carbons (Fsp3) is 0.672. The van der Waals surface area contributed by atoms with E-state index in [9.17, 15) is 81.1 Å². The van der Waals surface area contributed by atoms with Crippen LogP contribution in [0, 0.1) is 5.92 Å². The van der Waals surface area contributed by atoms with Crippen molar-refractivity contribution in [3.8, 4) is 5.75 Å². The van der Waals surface area contributed by atoms with E-state index in [4.69, 9.17) is 44.6 Å². The molecule has 5 fully saturated rings. The van der Waals surface area contributed by atoms with Gasteiger partial charge in [0.15, 0.2) is 25.2 Å². The first kappa shape index (κ1) is 73.6. The molecule has 2 aromatic rings. The first-order valence-corrected chi connectivity index (χ1v) is 32.6. The van der Waals surface area contributed by atoms with E-state index in [1.165, 1.54) is 24.3 Å². The Kier molecular flexibility index (Phi) is 24.7. The number of hydrogen-bond donors (Lipinski definition) is 23. The average Bonchev–Trinajstić information content (AvgIpc) is 1.07. The molecular weight excluding hydrogens is 1300 g/mol. The van der Waals surface area contributed by atoms with E-state index in [0.29, 0.717) is 19.3 Å². The van der Waals surface area contributed by atoms with Gasteiger partial charge in [0.1, 0.15) is 134 Å². The third-order valence-corrected chi connectivity index (χ3v) is 18.9. The third kappa shape index (κ3) is 17.0. The smallest absolute Gasteiger partial charge is 0.358 e. The molecule has 0 bridgehead atoms. The van der Waals surface area contributed by atoms with E-state index < -0.39 is 228 Å². The highest BCUT2D eigenvalue weighted by atomic mass is 16.8. The molecule has 98 heavy (non-hydrogen) atoms. The van der Waals surface area contributed by atoms with Gasteiger partial charge in [-0.1, -0.05) is 74.6 Å². The summed E-state index contributed by atoms with van der Waals surface area (Å²) >= 11 is 0. The minimum Gasteiger partial charge on any atom is -0.858 e. The van der Waals surface area contributed by atoms with Crippen molar-refractivity contribution in [2.24, 2.45) is 22.4 Å². The zero-order chi connectivity index (χ0) is 70.2. The van der Waals surface area contributed by atoms with Crippen molar-refractivity contribution in [2.45, 2.75) is 204 Å². The van der Waals surface area contributed by atoms with Gasteiger partial charge < -0.3 is 126 Å². The van der Waals surface area contributed by atoms with Crippen LogP contribution < -0.4 is 63.2 Å². The molecule has 1 aliphatic carbocycles. The number of ether oxygens (including phenoxy) is 7. The molecule has 542 valence electrons. The van der Waals surface area contributed by atoms with Crippen molar-refractivity contribution in [1.29, 1.82) is 0 Å². The minimum absolute atomic E-state index is 0.0194. The number of aliphatic hydroxyl groups excluding tert-OH is 13. The Morgan fingerprint density at radius 3 is 2.01 bits per heavy atom. The number of fused-ring (bicyclic) bond motifs is 1. The Bertz CT molecular complexity index is 3170. The van der Waals surface area contributed by atoms with Crippen molar-refractivity contribution < 1.29 is 138 Å². The van der Waals surface area contributed by atoms with Crippen LogP contribution in [0.2, 0.25) is 0 Å². The fourth-order valence-electron chi connectivity index (χ4n) is 13.4. The molecule has 37 heteroatoms. The fourth-order valence-corrected chi connectivity index (χ4v) is 13.4. The number of rotatable bonds is 18. The van der Waals surface area contributed by atoms with Gasteiger partial charge in [-0.15, -0.1) is 0 Å². The largest absolute Gasteiger partial charge is 0.858 e. The van der Waals surface area contributed by atoms with E-state index in [1.807, 2.05) is 30.3 Å². The molecule has 7 aliphatic heterocycles. The Balaban J connectivity index is 0.901. The van der Waals surface area contributed by atoms with Gasteiger partial charge in [0, 0.05) is 18.7 Å². The van der Waals surface area contributed by atoms with Gasteiger partial charge in [-0.3, -0.25) is 51.3 Å². The van der Waals surface area contributed by atoms with E-state index in [1.54, 1.807) is 0 Å². The molecule has 4 saturated heterocycles. The second kappa shape index (κ2) is 32.9. The maximum atomic E-state index is 15.2. The van der Waals surface area contributed by atoms with Crippen LogP contribution in [-0.4, -0.2) is 317 Å². The summed E-state index contributed by atoms with van der Waals surface area (Å²) in [4.78, 5) is 69.0. The molecule has 0 spiro atoms. The normalized spacial score (nSPS) is 38.0. The lowest BCUT2D eigenvalue weighted by molar-refractivity contribution is -0.663. The molecule has 2 unspecified atom stereocenters. The Morgan fingerprint density at radius 2 is 1.33 bits per heavy atom. The molecular formula is C61H90N12O25+2. The predicted octanol–water partition coefficient (Wildman–Crippen LogP) is -14.9. The SMILES string of the molecule is NC1=[NH+]C[C@@H]([C@@H](O)[C@@H]2NC(=O)[C@@H](Cc3ccc(O[C@@H]4O[C@H](CO)[C@H](O[C@@H]5O[C@@H]6COC(Cc7ccccc7)O[C@@H]6[C@@H](O)[C@H]5O)[C@@H](O)[C@H]4O)cc3)NC(=O)[C@@H](CC3CCCCC3)N=C([O-])C[NH+]=C(O)C(CO)NC(=O)[C@@H]([C@H](O)[C@@H]3CNC(N)=[N+]3[C@@H]3O[C@@H](CO)[C@H](O)[C@H](O)[C@@H]3O)NC2=O)N1. The molecule has 25 N–H and O–H groups in total. The molecule has 0 radical (unpaired) electrons. The molecule has 37 nitrogen and oxygen atoms in total. The van der Waals surface area contributed by atoms with Crippen LogP contribution in [0.1, 0.15) is 49.7 Å². The number of amides is 4. The van der Waals surface area contributed by atoms with Gasteiger partial charge >= 0.3 is 17.8 Å². The van der Waals surface area contributed by atoms with Gasteiger partial charge in [-0.05, 0) is 35.6 Å². The monoisotopic (exact) mass is 1390 g/mol. The number of nitrogens with two attached hydrogens (primary N) is 2. The van der Waals surface area contributed by atoms with Crippen molar-refractivity contribution >= 4 is 47.3 Å². The van der Waals surface area contributed by atoms with Crippen molar-refractivity contribution in [3.63, 3.8) is 0 Å². The Labute approximate surface area is 560 Å². The molecule has 2 aromatic carbocycles. The highest BCUT2D eigenvalue weighted by Crippen LogP contribution is 2.35. The summed E-state index contributed by atoms with van der Waals surface area (Å²) in [6.07, 6.45) is -25.6. The van der Waals surface area contributed by atoms with Crippen LogP contribution in [0.4, 0.5) is 0 Å². The maximum absolute atomic E-state index is 15.2. The molecule has 10 rings (SSSR count). The summed E-state index contributed by atoms with van der Waals surface area (Å²) in [5, 5.41) is 174. The van der Waals surface area contributed by atoms with E-state index in [2.05, 4.69) is 46.9 Å². The van der Waals surface area contributed by atoms with Crippen LogP contribution in [-0.2, 0) is 60.4 Å². The number of aliphatic imine (C=N–C) groups is 1. The minimum atomic E-state index is -2.27. The average molecular weight is 1390 g/mol. The van der Waals surface area contributed by atoms with Gasteiger partial charge in [0.2, 0.25) is 36.1 Å². The first-order chi connectivity index (χ1) is 46.9. The van der Waals surface area contributed by atoms with Crippen molar-refractivity contribution in [1.82, 2.24) is 31.9 Å². The summed E-state index contributed by atoms with van der Waals surface area (Å²) in [6.45, 7) is -4.23. The van der Waals surface area contributed by atoms with Gasteiger partial charge in [0.05, 0.1) is 33.0 Å². The lowest BCUT2D eigenvalue weighted by atomic mass is 9.84. The number of guanidine groups is 2. The summed E-state index contributed by atoms with van der Waals surface area (Å²) in [6, 6.07) is 2.72. The number of carbonyl (C=O) groups is 4. The predicted molar refractivity (Wildman–Crippen MR) is 329 cm³/mol. The molecule has 8 aliphatic rings. The second-order valence-corrected chi connectivity index (χ2v) is 25.6. The second-order valence-electron chi connectivity index (χ2n) is 25.6. The highest BCUT2D eigenvalue weighted by Gasteiger charge is 2.56. The summed E-state index contributed by atoms with van der Waals surface area (Å²) < 4.78 is 42.3. The van der Waals surface area contributed by atoms with Gasteiger partial charge in [-0.25, -0.2) is 9.57 Å². The Morgan fingerprint density at radius 1 is 0.663 bits per heavy atom. The number of nitrogens with one attached hydrogen (secondary N) is 8. The molecule has 25 atom stereocenters. The zero-order valence-electron chi connectivity index (χ0n) is 53.1. The quantitative estimate of drug-likeness (QED) is 0.0616. The first-order valence-electron chi connectivity index (χ1n) is 32.6. The van der Waals surface area contributed by atoms with Crippen LogP contribution in [0.25, 0.3) is 0 Å². The number of carbonyl (C=O) groups excluding carboxylic acids is 4. The maximum Gasteiger partial charge on any atom is 0.358 e. The van der Waals surface area contributed by atoms with E-state index in [-0.39, 0.29) is 48.7 Å². The lowest BCUT2D eigenvalue weighted by Gasteiger charge is -2.48. The number of benzene rings is 2. The number of aliphatic hydroxyl groups is 13. The van der Waals surface area contributed by atoms with E-state index >= 15 is 9.59 Å². The summed E-state index contributed by atoms with van der Waals surface area (Å²) in [5.74, 6) is -7.29. The van der Waals surface area contributed by atoms with E-state index in [0.717, 1.165) is 29.4 Å². The topological polar surface area (TPSA) is 586 Å². The summed E-state index contributed by atoms with van der Waals surface area (Å²) in [5.41, 5.74) is 13.5. The Hall–Kier alpha value is -7.12. The number of nitrogens with zero attached hydrogens (tertiary/aromatic N) is 2. The molecule has 1 saturated carbocycles. The van der Waals surface area contributed by atoms with Crippen molar-refractivity contribution in [3.05, 3.63) is 65.7 Å². The molecule has 4 amide bonds. The lowest BCUT2D eigenvalue weighted by Crippen LogP contribution is -2.80. The summed E-state index contributed by atoms with van der Waals surface area (Å²) in [7, 11) is 0. The number of hydrogen-bond acceptors (Lipinski definition) is 29. The van der Waals surface area contributed by atoms with Gasteiger partial charge in [0.25, 0.3) is 0 Å². The standard InChI is InChI=1S/C61H88N12O25/c62-60-65-18-31(70-60)41(78)39-56(91)72-40(42(79)33-19-66-61(63)73(33)57-47(84)44(81)43(80)34(22-75)94-57)55(90)69-32(21-74)52(87)64-20-37(77)67-29(15-25-7-3-1-4-8-25)53(88)68-30(54(89)71-39)16-27-11-13-28(14-12-27)93-58-48(85)45(82)50(35(23-76)95-58)98-59-49(86)46(83)51-36(96-59)24-92-38(97-51)17-26-9-5-2-6-10-26/h2,5-6,9-14,25,29-36,38-51,57-59,74-76,78-86H,1,3-4,7-8,15-24H2,(H11,62,63,64,65,66,67,68,69,70,71,72,77,87,88,89,90,91)/p+2/t29-,30-,31+,32?,33+,34+,35-,36-,38?,39+,40-,41-,42-,43+,44+,45+,46+,47+,48-,49-,50+,51+,57-,58-,59+/m1/s1. The van der Waals surface area contributed by atoms with Crippen molar-refractivity contribution in [2.75, 3.05) is 46.1 Å². The van der Waals surface area contributed by atoms with Crippen LogP contribution in [0.3, 0.4) is 0 Å². The zero-order valence-corrected chi connectivity index (χ0v) is 53.1.